The van der Waals surface area contributed by atoms with Crippen molar-refractivity contribution in [1.29, 1.82) is 0 Å². The number of H-pyrrole nitrogens is 1. The Morgan fingerprint density at radius 1 is 1.19 bits per heavy atom. The van der Waals surface area contributed by atoms with E-state index in [2.05, 4.69) is 42.8 Å². The van der Waals surface area contributed by atoms with Crippen molar-refractivity contribution in [2.24, 2.45) is 10.9 Å². The van der Waals surface area contributed by atoms with Crippen molar-refractivity contribution >= 4 is 40.9 Å². The summed E-state index contributed by atoms with van der Waals surface area (Å²) in [6, 6.07) is 11.3. The van der Waals surface area contributed by atoms with Gasteiger partial charge in [-0.15, -0.1) is 0 Å². The van der Waals surface area contributed by atoms with Gasteiger partial charge in [0.05, 0.1) is 35.5 Å². The SMILES string of the molecule is CNc1cc(C#Cc2ccc3nc(CNC=O)[nH]c3c2)ccc1/N=C/CNC(=O)C1CCC(F)(F)CC1. The Balaban J connectivity index is 1.36. The highest BCUT2D eigenvalue weighted by Crippen LogP contribution is 2.36. The largest absolute Gasteiger partial charge is 0.386 e. The van der Waals surface area contributed by atoms with Gasteiger partial charge in [0.15, 0.2) is 0 Å². The van der Waals surface area contributed by atoms with E-state index in [4.69, 9.17) is 0 Å². The molecular weight excluding hydrogens is 478 g/mol. The van der Waals surface area contributed by atoms with Crippen molar-refractivity contribution < 1.29 is 18.4 Å². The van der Waals surface area contributed by atoms with Crippen LogP contribution in [-0.4, -0.2) is 48.0 Å². The number of anilines is 1. The zero-order chi connectivity index (χ0) is 26.3. The van der Waals surface area contributed by atoms with Crippen LogP contribution >= 0.6 is 0 Å². The number of nitrogens with one attached hydrogen (secondary N) is 4. The van der Waals surface area contributed by atoms with E-state index in [0.29, 0.717) is 24.5 Å². The molecule has 10 heteroatoms. The van der Waals surface area contributed by atoms with Gasteiger partial charge in [0, 0.05) is 43.1 Å². The zero-order valence-corrected chi connectivity index (χ0v) is 20.4. The molecule has 0 radical (unpaired) electrons. The van der Waals surface area contributed by atoms with E-state index in [-0.39, 0.29) is 44.1 Å². The number of nitrogens with zero attached hydrogens (tertiary/aromatic N) is 2. The molecule has 4 N–H and O–H groups in total. The van der Waals surface area contributed by atoms with Gasteiger partial charge in [0.2, 0.25) is 18.2 Å². The lowest BCUT2D eigenvalue weighted by atomic mass is 9.86. The smallest absolute Gasteiger partial charge is 0.248 e. The normalized spacial score (nSPS) is 15.2. The third-order valence-electron chi connectivity index (χ3n) is 6.19. The van der Waals surface area contributed by atoms with E-state index in [9.17, 15) is 18.4 Å². The summed E-state index contributed by atoms with van der Waals surface area (Å²) >= 11 is 0. The van der Waals surface area contributed by atoms with Crippen LogP contribution in [0.15, 0.2) is 41.4 Å². The minimum absolute atomic E-state index is 0.205. The Labute approximate surface area is 213 Å². The second kappa shape index (κ2) is 11.6. The summed E-state index contributed by atoms with van der Waals surface area (Å²) < 4.78 is 26.6. The number of carbonyl (C=O) groups is 2. The van der Waals surface area contributed by atoms with Crippen LogP contribution in [0.3, 0.4) is 0 Å². The van der Waals surface area contributed by atoms with Gasteiger partial charge >= 0.3 is 0 Å². The van der Waals surface area contributed by atoms with Gasteiger partial charge < -0.3 is 20.9 Å². The maximum absolute atomic E-state index is 13.3. The fourth-order valence-corrected chi connectivity index (χ4v) is 4.17. The van der Waals surface area contributed by atoms with E-state index in [1.807, 2.05) is 36.4 Å². The average molecular weight is 507 g/mol. The van der Waals surface area contributed by atoms with Crippen LogP contribution in [0.25, 0.3) is 11.0 Å². The quantitative estimate of drug-likeness (QED) is 0.211. The number of fused-ring (bicyclic) bond motifs is 1. The minimum atomic E-state index is -2.65. The number of alkyl halides is 2. The molecule has 37 heavy (non-hydrogen) atoms. The fourth-order valence-electron chi connectivity index (χ4n) is 4.17. The Morgan fingerprint density at radius 3 is 2.65 bits per heavy atom. The van der Waals surface area contributed by atoms with Crippen LogP contribution < -0.4 is 16.0 Å². The first-order valence-electron chi connectivity index (χ1n) is 12.0. The van der Waals surface area contributed by atoms with Gasteiger partial charge in [-0.25, -0.2) is 13.8 Å². The number of benzene rings is 2. The molecule has 1 aliphatic carbocycles. The van der Waals surface area contributed by atoms with Gasteiger partial charge in [0.1, 0.15) is 5.82 Å². The molecule has 2 aromatic carbocycles. The van der Waals surface area contributed by atoms with Gasteiger partial charge in [-0.05, 0) is 49.2 Å². The van der Waals surface area contributed by atoms with Crippen LogP contribution in [0.1, 0.15) is 42.6 Å². The van der Waals surface area contributed by atoms with Crippen molar-refractivity contribution in [3.63, 3.8) is 0 Å². The molecule has 0 spiro atoms. The molecule has 8 nitrogen and oxygen atoms in total. The van der Waals surface area contributed by atoms with Gasteiger partial charge in [-0.2, -0.15) is 0 Å². The summed E-state index contributed by atoms with van der Waals surface area (Å²) in [4.78, 5) is 34.7. The molecule has 0 unspecified atom stereocenters. The average Bonchev–Trinajstić information content (AvgIpc) is 3.31. The fraction of sp³-hybridized carbons (Fsp3) is 0.333. The number of aromatic amines is 1. The minimum Gasteiger partial charge on any atom is -0.386 e. The standard InChI is InChI=1S/C27H28F2N6O2/c1-30-23-14-18(2-3-19-5-7-22-24(15-19)35-25(34-22)16-31-17-36)4-6-21(23)32-12-13-33-26(37)20-8-10-27(28,29)11-9-20/h4-7,12,14-15,17,20,30H,8-11,13,16H2,1H3,(H,31,36)(H,33,37)(H,34,35)/b32-12+. The molecule has 1 fully saturated rings. The van der Waals surface area contributed by atoms with Gasteiger partial charge in [-0.1, -0.05) is 11.8 Å². The lowest BCUT2D eigenvalue weighted by Crippen LogP contribution is -2.36. The molecule has 1 aliphatic rings. The number of amides is 2. The second-order valence-corrected chi connectivity index (χ2v) is 8.83. The number of aliphatic imine (C=N–C) groups is 1. The van der Waals surface area contributed by atoms with E-state index in [0.717, 1.165) is 27.8 Å². The van der Waals surface area contributed by atoms with Crippen LogP contribution in [0.4, 0.5) is 20.2 Å². The molecule has 1 heterocycles. The molecule has 4 rings (SSSR count). The maximum Gasteiger partial charge on any atom is 0.248 e. The van der Waals surface area contributed by atoms with Crippen LogP contribution in [0, 0.1) is 17.8 Å². The van der Waals surface area contributed by atoms with E-state index in [1.165, 1.54) is 0 Å². The number of halogens is 2. The summed E-state index contributed by atoms with van der Waals surface area (Å²) in [7, 11) is 1.79. The summed E-state index contributed by atoms with van der Waals surface area (Å²) in [5.74, 6) is 3.74. The molecule has 1 saturated carbocycles. The summed E-state index contributed by atoms with van der Waals surface area (Å²) in [5.41, 5.74) is 4.71. The molecule has 0 saturated heterocycles. The molecule has 2 amide bonds. The first-order chi connectivity index (χ1) is 17.9. The number of hydrogen-bond acceptors (Lipinski definition) is 5. The van der Waals surface area contributed by atoms with Crippen molar-refractivity contribution in [2.45, 2.75) is 38.2 Å². The second-order valence-electron chi connectivity index (χ2n) is 8.83. The third kappa shape index (κ3) is 6.91. The highest BCUT2D eigenvalue weighted by molar-refractivity contribution is 5.82. The summed E-state index contributed by atoms with van der Waals surface area (Å²) in [5, 5.41) is 8.44. The molecule has 192 valence electrons. The molecular formula is C27H28F2N6O2. The highest BCUT2D eigenvalue weighted by Gasteiger charge is 2.37. The molecule has 1 aromatic heterocycles. The topological polar surface area (TPSA) is 111 Å². The van der Waals surface area contributed by atoms with Crippen LogP contribution in [0.5, 0.6) is 0 Å². The lowest BCUT2D eigenvalue weighted by Gasteiger charge is -2.27. The summed E-state index contributed by atoms with van der Waals surface area (Å²) in [6.45, 7) is 0.550. The number of imidazole rings is 1. The van der Waals surface area contributed by atoms with E-state index in [1.54, 1.807) is 13.3 Å². The Hall–Kier alpha value is -4.26. The van der Waals surface area contributed by atoms with Crippen molar-refractivity contribution in [1.82, 2.24) is 20.6 Å². The number of aromatic nitrogens is 2. The Bertz CT molecular complexity index is 1360. The van der Waals surface area contributed by atoms with Crippen molar-refractivity contribution in [3.8, 4) is 11.8 Å². The Kier molecular flexibility index (Phi) is 8.13. The molecule has 0 bridgehead atoms. The van der Waals surface area contributed by atoms with E-state index < -0.39 is 5.92 Å². The number of carbonyl (C=O) groups excluding carboxylic acids is 2. The van der Waals surface area contributed by atoms with Crippen LogP contribution in [-0.2, 0) is 16.1 Å². The van der Waals surface area contributed by atoms with Crippen molar-refractivity contribution in [2.75, 3.05) is 18.9 Å². The van der Waals surface area contributed by atoms with Crippen LogP contribution in [0.2, 0.25) is 0 Å². The lowest BCUT2D eigenvalue weighted by molar-refractivity contribution is -0.128. The monoisotopic (exact) mass is 506 g/mol. The highest BCUT2D eigenvalue weighted by atomic mass is 19.3. The number of hydrogen-bond donors (Lipinski definition) is 4. The third-order valence-corrected chi connectivity index (χ3v) is 6.19. The number of rotatable bonds is 8. The first-order valence-corrected chi connectivity index (χ1v) is 12.0. The van der Waals surface area contributed by atoms with Gasteiger partial charge in [0.25, 0.3) is 0 Å². The maximum atomic E-state index is 13.3. The summed E-state index contributed by atoms with van der Waals surface area (Å²) in [6.07, 6.45) is 2.16. The first kappa shape index (κ1) is 25.8. The molecule has 0 aliphatic heterocycles. The van der Waals surface area contributed by atoms with Gasteiger partial charge in [-0.3, -0.25) is 14.6 Å². The van der Waals surface area contributed by atoms with E-state index >= 15 is 0 Å². The molecule has 3 aromatic rings. The Morgan fingerprint density at radius 2 is 1.92 bits per heavy atom. The zero-order valence-electron chi connectivity index (χ0n) is 20.4. The molecule has 0 atom stereocenters. The van der Waals surface area contributed by atoms with Crippen molar-refractivity contribution in [3.05, 3.63) is 53.3 Å². The predicted molar refractivity (Wildman–Crippen MR) is 139 cm³/mol. The predicted octanol–water partition coefficient (Wildman–Crippen LogP) is 3.89.